The molecule has 0 saturated carbocycles. The SMILES string of the molecule is COC1(OCCCCBr)CC=C(OCCCCBr)c2ccccc21. The largest absolute Gasteiger partial charge is 0.493 e. The summed E-state index contributed by atoms with van der Waals surface area (Å²) < 4.78 is 18.0. The second-order valence-electron chi connectivity index (χ2n) is 5.76. The van der Waals surface area contributed by atoms with Gasteiger partial charge in [0.25, 0.3) is 0 Å². The Morgan fingerprint density at radius 3 is 2.42 bits per heavy atom. The van der Waals surface area contributed by atoms with E-state index >= 15 is 0 Å². The Kier molecular flexibility index (Phi) is 8.81. The van der Waals surface area contributed by atoms with Crippen LogP contribution in [0.1, 0.15) is 43.2 Å². The van der Waals surface area contributed by atoms with Crippen molar-refractivity contribution in [1.82, 2.24) is 0 Å². The van der Waals surface area contributed by atoms with Crippen LogP contribution in [0.5, 0.6) is 0 Å². The molecule has 5 heteroatoms. The highest BCUT2D eigenvalue weighted by Crippen LogP contribution is 2.41. The fourth-order valence-corrected chi connectivity index (χ4v) is 3.61. The van der Waals surface area contributed by atoms with E-state index in [-0.39, 0.29) is 0 Å². The molecular formula is C19H26Br2O3. The zero-order valence-electron chi connectivity index (χ0n) is 14.2. The molecule has 134 valence electrons. The van der Waals surface area contributed by atoms with E-state index in [1.165, 1.54) is 0 Å². The highest BCUT2D eigenvalue weighted by atomic mass is 79.9. The maximum Gasteiger partial charge on any atom is 0.198 e. The Morgan fingerprint density at radius 2 is 1.71 bits per heavy atom. The van der Waals surface area contributed by atoms with Crippen LogP contribution in [0, 0.1) is 0 Å². The minimum absolute atomic E-state index is 0.669. The molecule has 0 fully saturated rings. The van der Waals surface area contributed by atoms with E-state index in [1.807, 2.05) is 12.1 Å². The first kappa shape index (κ1) is 20.0. The molecule has 0 saturated heterocycles. The van der Waals surface area contributed by atoms with E-state index in [0.29, 0.717) is 13.0 Å². The highest BCUT2D eigenvalue weighted by Gasteiger charge is 2.38. The van der Waals surface area contributed by atoms with Crippen LogP contribution >= 0.6 is 31.9 Å². The molecule has 1 unspecified atom stereocenters. The maximum atomic E-state index is 6.19. The molecular weight excluding hydrogens is 436 g/mol. The molecule has 0 N–H and O–H groups in total. The number of ether oxygens (including phenoxy) is 3. The van der Waals surface area contributed by atoms with Gasteiger partial charge in [0, 0.05) is 35.3 Å². The molecule has 0 bridgehead atoms. The molecule has 3 nitrogen and oxygen atoms in total. The third-order valence-electron chi connectivity index (χ3n) is 4.14. The van der Waals surface area contributed by atoms with E-state index in [0.717, 1.165) is 59.8 Å². The lowest BCUT2D eigenvalue weighted by Crippen LogP contribution is -2.35. The molecule has 0 heterocycles. The van der Waals surface area contributed by atoms with Crippen LogP contribution in [0.25, 0.3) is 5.76 Å². The first-order valence-electron chi connectivity index (χ1n) is 8.51. The summed E-state index contributed by atoms with van der Waals surface area (Å²) in [6, 6.07) is 8.23. The summed E-state index contributed by atoms with van der Waals surface area (Å²) in [6.45, 7) is 1.42. The van der Waals surface area contributed by atoms with Gasteiger partial charge in [-0.05, 0) is 31.8 Å². The summed E-state index contributed by atoms with van der Waals surface area (Å²) in [5.41, 5.74) is 2.13. The molecule has 0 spiro atoms. The standard InChI is InChI=1S/C19H26Br2O3/c1-22-19(24-15-7-5-13-21)11-10-18(23-14-6-4-12-20)16-8-2-3-9-17(16)19/h2-3,8-10H,4-7,11-15H2,1H3. The number of hydrogen-bond acceptors (Lipinski definition) is 3. The fraction of sp³-hybridized carbons (Fsp3) is 0.579. The molecule has 24 heavy (non-hydrogen) atoms. The summed E-state index contributed by atoms with van der Waals surface area (Å²) in [7, 11) is 1.72. The molecule has 1 aromatic rings. The van der Waals surface area contributed by atoms with Gasteiger partial charge >= 0.3 is 0 Å². The van der Waals surface area contributed by atoms with Crippen LogP contribution in [-0.2, 0) is 20.0 Å². The van der Waals surface area contributed by atoms with Gasteiger partial charge < -0.3 is 14.2 Å². The number of halogens is 2. The van der Waals surface area contributed by atoms with Gasteiger partial charge in [0.2, 0.25) is 0 Å². The zero-order chi connectivity index (χ0) is 17.3. The molecule has 2 rings (SSSR count). The van der Waals surface area contributed by atoms with Crippen molar-refractivity contribution in [2.45, 2.75) is 37.9 Å². The predicted molar refractivity (Wildman–Crippen MR) is 106 cm³/mol. The normalized spacial score (nSPS) is 19.7. The Hall–Kier alpha value is -0.360. The van der Waals surface area contributed by atoms with Crippen molar-refractivity contribution in [3.63, 3.8) is 0 Å². The van der Waals surface area contributed by atoms with Gasteiger partial charge in [-0.25, -0.2) is 0 Å². The molecule has 0 aliphatic heterocycles. The number of fused-ring (bicyclic) bond motifs is 1. The van der Waals surface area contributed by atoms with E-state index < -0.39 is 5.79 Å². The van der Waals surface area contributed by atoms with E-state index in [4.69, 9.17) is 14.2 Å². The fourth-order valence-electron chi connectivity index (χ4n) is 2.81. The van der Waals surface area contributed by atoms with E-state index in [2.05, 4.69) is 50.1 Å². The van der Waals surface area contributed by atoms with Crippen LogP contribution in [0.3, 0.4) is 0 Å². The van der Waals surface area contributed by atoms with Crippen molar-refractivity contribution < 1.29 is 14.2 Å². The van der Waals surface area contributed by atoms with E-state index in [1.54, 1.807) is 7.11 Å². The van der Waals surface area contributed by atoms with Gasteiger partial charge in [-0.3, -0.25) is 0 Å². The Bertz CT molecular complexity index is 533. The van der Waals surface area contributed by atoms with Crippen molar-refractivity contribution in [3.05, 3.63) is 41.5 Å². The van der Waals surface area contributed by atoms with Crippen molar-refractivity contribution >= 4 is 37.6 Å². The molecule has 0 aromatic heterocycles. The Labute approximate surface area is 162 Å². The third-order valence-corrected chi connectivity index (χ3v) is 5.26. The summed E-state index contributed by atoms with van der Waals surface area (Å²) in [4.78, 5) is 0. The molecule has 0 amide bonds. The Morgan fingerprint density at radius 1 is 1.00 bits per heavy atom. The smallest absolute Gasteiger partial charge is 0.198 e. The lowest BCUT2D eigenvalue weighted by Gasteiger charge is -2.36. The number of rotatable bonds is 11. The lowest BCUT2D eigenvalue weighted by molar-refractivity contribution is -0.231. The zero-order valence-corrected chi connectivity index (χ0v) is 17.4. The highest BCUT2D eigenvalue weighted by molar-refractivity contribution is 9.09. The third kappa shape index (κ3) is 5.07. The van der Waals surface area contributed by atoms with Crippen LogP contribution in [0.15, 0.2) is 30.3 Å². The molecule has 1 atom stereocenters. The van der Waals surface area contributed by atoms with Gasteiger partial charge in [0.05, 0.1) is 13.2 Å². The van der Waals surface area contributed by atoms with Crippen molar-refractivity contribution in [3.8, 4) is 0 Å². The Balaban J connectivity index is 2.12. The number of benzene rings is 1. The van der Waals surface area contributed by atoms with Crippen LogP contribution in [0.4, 0.5) is 0 Å². The minimum Gasteiger partial charge on any atom is -0.493 e. The van der Waals surface area contributed by atoms with Crippen LogP contribution < -0.4 is 0 Å². The molecule has 1 aromatic carbocycles. The van der Waals surface area contributed by atoms with E-state index in [9.17, 15) is 0 Å². The van der Waals surface area contributed by atoms with Crippen molar-refractivity contribution in [1.29, 1.82) is 0 Å². The summed E-state index contributed by atoms with van der Waals surface area (Å²) in [5.74, 6) is 0.239. The number of hydrogen-bond donors (Lipinski definition) is 0. The van der Waals surface area contributed by atoms with Crippen LogP contribution in [0.2, 0.25) is 0 Å². The summed E-state index contributed by atoms with van der Waals surface area (Å²) in [5, 5.41) is 2.01. The monoisotopic (exact) mass is 460 g/mol. The van der Waals surface area contributed by atoms with Gasteiger partial charge in [-0.1, -0.05) is 56.1 Å². The minimum atomic E-state index is -0.703. The van der Waals surface area contributed by atoms with Gasteiger partial charge in [0.1, 0.15) is 5.76 Å². The molecule has 0 radical (unpaired) electrons. The number of unbranched alkanes of at least 4 members (excludes halogenated alkanes) is 2. The van der Waals surface area contributed by atoms with Gasteiger partial charge in [-0.15, -0.1) is 0 Å². The quantitative estimate of drug-likeness (QED) is 0.243. The van der Waals surface area contributed by atoms with Crippen LogP contribution in [-0.4, -0.2) is 31.0 Å². The predicted octanol–water partition coefficient (Wildman–Crippen LogP) is 5.61. The summed E-state index contributed by atoms with van der Waals surface area (Å²) >= 11 is 6.91. The first-order valence-corrected chi connectivity index (χ1v) is 10.8. The molecule has 1 aliphatic carbocycles. The second kappa shape index (κ2) is 10.6. The topological polar surface area (TPSA) is 27.7 Å². The number of methoxy groups -OCH3 is 1. The second-order valence-corrected chi connectivity index (χ2v) is 7.35. The molecule has 1 aliphatic rings. The number of alkyl halides is 2. The van der Waals surface area contributed by atoms with Gasteiger partial charge in [-0.2, -0.15) is 0 Å². The average Bonchev–Trinajstić information content (AvgIpc) is 2.63. The van der Waals surface area contributed by atoms with Gasteiger partial charge in [0.15, 0.2) is 5.79 Å². The van der Waals surface area contributed by atoms with Crippen molar-refractivity contribution in [2.24, 2.45) is 0 Å². The van der Waals surface area contributed by atoms with Crippen molar-refractivity contribution in [2.75, 3.05) is 31.0 Å². The summed E-state index contributed by atoms with van der Waals surface area (Å²) in [6.07, 6.45) is 7.04. The maximum absolute atomic E-state index is 6.19. The lowest BCUT2D eigenvalue weighted by atomic mass is 9.90. The first-order chi connectivity index (χ1) is 11.8. The average molecular weight is 462 g/mol.